The lowest BCUT2D eigenvalue weighted by atomic mass is 10.0. The summed E-state index contributed by atoms with van der Waals surface area (Å²) in [6, 6.07) is 16.6. The number of carbonyl (C=O) groups is 3. The molecule has 164 valence electrons. The van der Waals surface area contributed by atoms with E-state index in [1.54, 1.807) is 48.5 Å². The van der Waals surface area contributed by atoms with Crippen molar-refractivity contribution in [2.24, 2.45) is 0 Å². The molecule has 3 aromatic rings. The van der Waals surface area contributed by atoms with Gasteiger partial charge in [-0.2, -0.15) is 0 Å². The van der Waals surface area contributed by atoms with Gasteiger partial charge in [0.15, 0.2) is 0 Å². The van der Waals surface area contributed by atoms with E-state index in [4.69, 9.17) is 0 Å². The number of hydrogen-bond acceptors (Lipinski definition) is 5. The number of likely N-dealkylation sites (tertiary alicyclic amines) is 1. The summed E-state index contributed by atoms with van der Waals surface area (Å²) in [6.45, 7) is 0.436. The van der Waals surface area contributed by atoms with Gasteiger partial charge in [0.2, 0.25) is 5.91 Å². The van der Waals surface area contributed by atoms with E-state index in [9.17, 15) is 19.5 Å². The van der Waals surface area contributed by atoms with Crippen LogP contribution in [0.5, 0.6) is 5.75 Å². The Morgan fingerprint density at radius 1 is 0.969 bits per heavy atom. The summed E-state index contributed by atoms with van der Waals surface area (Å²) >= 11 is 0. The standard InChI is InChI=1S/C24H23N3O5/c1-32-24(31)26-17-11-9-16(10-12-17)25-22(29)20-7-4-14-27(20)23(30)19-13-8-15-5-2-3-6-18(15)21(19)28/h2-3,5-6,8-13,20,28H,4,7,14H2,1H3,(H,25,29)(H,26,31). The first-order valence-electron chi connectivity index (χ1n) is 10.3. The third-order valence-corrected chi connectivity index (χ3v) is 5.53. The number of methoxy groups -OCH3 is 1. The average molecular weight is 433 g/mol. The Morgan fingerprint density at radius 3 is 2.38 bits per heavy atom. The van der Waals surface area contributed by atoms with Crippen LogP contribution in [0.3, 0.4) is 0 Å². The van der Waals surface area contributed by atoms with Crippen molar-refractivity contribution in [1.82, 2.24) is 4.90 Å². The summed E-state index contributed by atoms with van der Waals surface area (Å²) < 4.78 is 4.54. The molecule has 1 atom stereocenters. The van der Waals surface area contributed by atoms with Crippen molar-refractivity contribution in [1.29, 1.82) is 0 Å². The third-order valence-electron chi connectivity index (χ3n) is 5.53. The van der Waals surface area contributed by atoms with Gasteiger partial charge in [0.25, 0.3) is 5.91 Å². The van der Waals surface area contributed by atoms with Gasteiger partial charge in [-0.15, -0.1) is 0 Å². The van der Waals surface area contributed by atoms with Gasteiger partial charge in [-0.25, -0.2) is 4.79 Å². The third kappa shape index (κ3) is 4.20. The van der Waals surface area contributed by atoms with Gasteiger partial charge in [-0.05, 0) is 48.6 Å². The minimum atomic E-state index is -0.638. The Bertz CT molecular complexity index is 1180. The van der Waals surface area contributed by atoms with E-state index in [1.165, 1.54) is 12.0 Å². The van der Waals surface area contributed by atoms with Crippen LogP contribution in [0, 0.1) is 0 Å². The maximum atomic E-state index is 13.2. The van der Waals surface area contributed by atoms with Gasteiger partial charge in [-0.3, -0.25) is 14.9 Å². The molecule has 0 saturated carbocycles. The summed E-state index contributed by atoms with van der Waals surface area (Å²) in [5.41, 5.74) is 1.25. The lowest BCUT2D eigenvalue weighted by Crippen LogP contribution is -2.43. The molecule has 1 saturated heterocycles. The highest BCUT2D eigenvalue weighted by Gasteiger charge is 2.35. The lowest BCUT2D eigenvalue weighted by Gasteiger charge is -2.24. The van der Waals surface area contributed by atoms with Crippen LogP contribution in [0.2, 0.25) is 0 Å². The number of anilines is 2. The van der Waals surface area contributed by atoms with E-state index in [2.05, 4.69) is 15.4 Å². The van der Waals surface area contributed by atoms with Gasteiger partial charge in [0, 0.05) is 23.3 Å². The maximum Gasteiger partial charge on any atom is 0.411 e. The highest BCUT2D eigenvalue weighted by molar-refractivity contribution is 6.06. The van der Waals surface area contributed by atoms with E-state index in [1.807, 2.05) is 12.1 Å². The van der Waals surface area contributed by atoms with Gasteiger partial charge >= 0.3 is 6.09 Å². The van der Waals surface area contributed by atoms with Crippen LogP contribution in [0.15, 0.2) is 60.7 Å². The number of phenolic OH excluding ortho intramolecular Hbond substituents is 1. The summed E-state index contributed by atoms with van der Waals surface area (Å²) in [5.74, 6) is -0.749. The number of amides is 3. The topological polar surface area (TPSA) is 108 Å². The number of hydrogen-bond donors (Lipinski definition) is 3. The predicted molar refractivity (Wildman–Crippen MR) is 121 cm³/mol. The minimum Gasteiger partial charge on any atom is -0.506 e. The van der Waals surface area contributed by atoms with E-state index >= 15 is 0 Å². The molecule has 8 heteroatoms. The van der Waals surface area contributed by atoms with Crippen LogP contribution in [0.1, 0.15) is 23.2 Å². The van der Waals surface area contributed by atoms with Crippen LogP contribution in [-0.2, 0) is 9.53 Å². The zero-order chi connectivity index (χ0) is 22.7. The van der Waals surface area contributed by atoms with Crippen molar-refractivity contribution in [3.05, 3.63) is 66.2 Å². The van der Waals surface area contributed by atoms with Crippen molar-refractivity contribution in [3.8, 4) is 5.75 Å². The summed E-state index contributed by atoms with van der Waals surface area (Å²) in [6.07, 6.45) is 0.646. The SMILES string of the molecule is COC(=O)Nc1ccc(NC(=O)C2CCCN2C(=O)c2ccc3ccccc3c2O)cc1. The van der Waals surface area contributed by atoms with Crippen molar-refractivity contribution in [2.75, 3.05) is 24.3 Å². The molecule has 0 aromatic heterocycles. The quantitative estimate of drug-likeness (QED) is 0.577. The fourth-order valence-corrected chi connectivity index (χ4v) is 3.90. The number of nitrogens with one attached hydrogen (secondary N) is 2. The molecule has 1 aliphatic heterocycles. The fraction of sp³-hybridized carbons (Fsp3) is 0.208. The number of nitrogens with zero attached hydrogens (tertiary/aromatic N) is 1. The second-order valence-electron chi connectivity index (χ2n) is 7.52. The average Bonchev–Trinajstić information content (AvgIpc) is 3.30. The van der Waals surface area contributed by atoms with Crippen LogP contribution >= 0.6 is 0 Å². The smallest absolute Gasteiger partial charge is 0.411 e. The first-order chi connectivity index (χ1) is 15.5. The highest BCUT2D eigenvalue weighted by Crippen LogP contribution is 2.31. The number of carbonyl (C=O) groups excluding carboxylic acids is 3. The van der Waals surface area contributed by atoms with Crippen molar-refractivity contribution < 1.29 is 24.2 Å². The van der Waals surface area contributed by atoms with Crippen LogP contribution in [0.4, 0.5) is 16.2 Å². The molecule has 3 aromatic carbocycles. The molecular weight excluding hydrogens is 410 g/mol. The maximum absolute atomic E-state index is 13.2. The molecule has 1 aliphatic rings. The minimum absolute atomic E-state index is 0.0761. The normalized spacial score (nSPS) is 15.4. The fourth-order valence-electron chi connectivity index (χ4n) is 3.90. The zero-order valence-corrected chi connectivity index (χ0v) is 17.5. The van der Waals surface area contributed by atoms with Crippen molar-refractivity contribution >= 4 is 40.1 Å². The zero-order valence-electron chi connectivity index (χ0n) is 17.5. The molecule has 0 aliphatic carbocycles. The van der Waals surface area contributed by atoms with E-state index in [0.717, 1.165) is 5.39 Å². The first kappa shape index (κ1) is 21.2. The van der Waals surface area contributed by atoms with Crippen LogP contribution < -0.4 is 10.6 Å². The Labute approximate surface area is 184 Å². The first-order valence-corrected chi connectivity index (χ1v) is 10.3. The Balaban J connectivity index is 1.48. The summed E-state index contributed by atoms with van der Waals surface area (Å²) in [7, 11) is 1.27. The van der Waals surface area contributed by atoms with Crippen molar-refractivity contribution in [3.63, 3.8) is 0 Å². The number of ether oxygens (including phenoxy) is 1. The molecule has 0 radical (unpaired) electrons. The molecule has 3 N–H and O–H groups in total. The molecule has 1 heterocycles. The monoisotopic (exact) mass is 433 g/mol. The molecule has 8 nitrogen and oxygen atoms in total. The molecule has 1 unspecified atom stereocenters. The Morgan fingerprint density at radius 2 is 1.66 bits per heavy atom. The molecule has 4 rings (SSSR count). The second kappa shape index (κ2) is 8.97. The second-order valence-corrected chi connectivity index (χ2v) is 7.52. The molecule has 32 heavy (non-hydrogen) atoms. The summed E-state index contributed by atoms with van der Waals surface area (Å²) in [4.78, 5) is 38.9. The predicted octanol–water partition coefficient (Wildman–Crippen LogP) is 3.97. The number of phenols is 1. The van der Waals surface area contributed by atoms with E-state index in [0.29, 0.717) is 36.1 Å². The largest absolute Gasteiger partial charge is 0.506 e. The molecule has 0 bridgehead atoms. The number of aromatic hydroxyl groups is 1. The molecule has 3 amide bonds. The van der Waals surface area contributed by atoms with Crippen LogP contribution in [0.25, 0.3) is 10.8 Å². The molecular formula is C24H23N3O5. The van der Waals surface area contributed by atoms with Crippen LogP contribution in [-0.4, -0.2) is 47.6 Å². The Hall–Kier alpha value is -4.07. The van der Waals surface area contributed by atoms with E-state index < -0.39 is 12.1 Å². The summed E-state index contributed by atoms with van der Waals surface area (Å²) in [5, 5.41) is 17.4. The Kier molecular flexibility index (Phi) is 5.93. The van der Waals surface area contributed by atoms with Gasteiger partial charge in [-0.1, -0.05) is 30.3 Å². The van der Waals surface area contributed by atoms with E-state index in [-0.39, 0.29) is 23.1 Å². The molecule has 0 spiro atoms. The molecule has 1 fully saturated rings. The number of fused-ring (bicyclic) bond motifs is 1. The number of rotatable bonds is 4. The number of benzene rings is 3. The highest BCUT2D eigenvalue weighted by atomic mass is 16.5. The van der Waals surface area contributed by atoms with Gasteiger partial charge in [0.05, 0.1) is 12.7 Å². The van der Waals surface area contributed by atoms with Gasteiger partial charge in [0.1, 0.15) is 11.8 Å². The lowest BCUT2D eigenvalue weighted by molar-refractivity contribution is -0.119. The van der Waals surface area contributed by atoms with Gasteiger partial charge < -0.3 is 20.1 Å². The van der Waals surface area contributed by atoms with Crippen molar-refractivity contribution in [2.45, 2.75) is 18.9 Å².